The Kier molecular flexibility index (Phi) is 5.98. The molecule has 2 aromatic rings. The number of anilines is 1. The van der Waals surface area contributed by atoms with Crippen LogP contribution in [0, 0.1) is 29.4 Å². The summed E-state index contributed by atoms with van der Waals surface area (Å²) in [5.41, 5.74) is -1.64. The number of nitrogens with one attached hydrogen (secondary N) is 1. The summed E-state index contributed by atoms with van der Waals surface area (Å²) >= 11 is 0. The van der Waals surface area contributed by atoms with E-state index in [9.17, 15) is 19.5 Å². The quantitative estimate of drug-likeness (QED) is 0.603. The van der Waals surface area contributed by atoms with Crippen LogP contribution in [-0.2, 0) is 4.74 Å². The number of carbonyl (C=O) groups excluding carboxylic acids is 1. The first-order valence-corrected chi connectivity index (χ1v) is 11.9. The molecule has 1 aromatic carbocycles. The molecule has 2 fully saturated rings. The fourth-order valence-electron chi connectivity index (χ4n) is 5.49. The highest BCUT2D eigenvalue weighted by atomic mass is 19.1. The first-order valence-electron chi connectivity index (χ1n) is 11.9. The minimum Gasteiger partial charge on any atom is -0.477 e. The number of fused-ring (bicyclic) bond motifs is 2. The zero-order valence-corrected chi connectivity index (χ0v) is 19.3. The SMILES string of the molecule is CCOC(=O)NC[C@H]1CC=CC2CN(c3c(F)cc4c(=O)c(C(=O)O)cn(C5CC5)c4c3F)CC21. The van der Waals surface area contributed by atoms with Crippen molar-refractivity contribution in [1.82, 2.24) is 9.88 Å². The van der Waals surface area contributed by atoms with E-state index in [1.54, 1.807) is 11.8 Å². The monoisotopic (exact) mass is 487 g/mol. The molecular formula is C25H27F2N3O5. The first-order chi connectivity index (χ1) is 16.8. The van der Waals surface area contributed by atoms with Gasteiger partial charge in [-0.3, -0.25) is 4.79 Å². The lowest BCUT2D eigenvalue weighted by molar-refractivity contribution is 0.0694. The van der Waals surface area contributed by atoms with Crippen LogP contribution in [0.2, 0.25) is 0 Å². The number of halogens is 2. The Morgan fingerprint density at radius 2 is 2.03 bits per heavy atom. The molecule has 1 aliphatic heterocycles. The normalized spacial score (nSPS) is 23.4. The van der Waals surface area contributed by atoms with E-state index >= 15 is 8.78 Å². The number of pyridine rings is 1. The number of allylic oxidation sites excluding steroid dienone is 1. The maximum Gasteiger partial charge on any atom is 0.407 e. The largest absolute Gasteiger partial charge is 0.477 e. The van der Waals surface area contributed by atoms with Crippen molar-refractivity contribution in [3.63, 3.8) is 0 Å². The van der Waals surface area contributed by atoms with Gasteiger partial charge in [-0.1, -0.05) is 12.2 Å². The summed E-state index contributed by atoms with van der Waals surface area (Å²) in [6.07, 6.45) is 6.99. The molecule has 1 amide bonds. The number of aromatic carboxylic acids is 1. The van der Waals surface area contributed by atoms with Crippen LogP contribution in [0.3, 0.4) is 0 Å². The third kappa shape index (κ3) is 4.15. The topological polar surface area (TPSA) is 101 Å². The number of alkyl carbamates (subject to hydrolysis) is 1. The number of carboxylic acid groups (broad SMARTS) is 1. The van der Waals surface area contributed by atoms with Crippen LogP contribution in [-0.4, -0.2) is 48.0 Å². The molecule has 8 nitrogen and oxygen atoms in total. The van der Waals surface area contributed by atoms with E-state index in [4.69, 9.17) is 4.74 Å². The van der Waals surface area contributed by atoms with E-state index in [2.05, 4.69) is 11.4 Å². The highest BCUT2D eigenvalue weighted by molar-refractivity contribution is 5.94. The number of carboxylic acids is 1. The van der Waals surface area contributed by atoms with Gasteiger partial charge >= 0.3 is 12.1 Å². The van der Waals surface area contributed by atoms with Crippen LogP contribution in [0.1, 0.15) is 42.6 Å². The summed E-state index contributed by atoms with van der Waals surface area (Å²) in [6, 6.07) is 0.852. The summed E-state index contributed by atoms with van der Waals surface area (Å²) in [4.78, 5) is 37.7. The molecule has 2 aliphatic carbocycles. The van der Waals surface area contributed by atoms with Gasteiger partial charge in [-0.05, 0) is 50.0 Å². The molecule has 1 saturated heterocycles. The van der Waals surface area contributed by atoms with Crippen molar-refractivity contribution < 1.29 is 28.2 Å². The number of benzene rings is 1. The lowest BCUT2D eigenvalue weighted by atomic mass is 9.78. The van der Waals surface area contributed by atoms with Crippen LogP contribution >= 0.6 is 0 Å². The Hall–Kier alpha value is -3.43. The summed E-state index contributed by atoms with van der Waals surface area (Å²) in [7, 11) is 0. The fourth-order valence-corrected chi connectivity index (χ4v) is 5.49. The van der Waals surface area contributed by atoms with Gasteiger partial charge in [-0.25, -0.2) is 18.4 Å². The number of carbonyl (C=O) groups is 2. The van der Waals surface area contributed by atoms with Crippen molar-refractivity contribution in [3.05, 3.63) is 51.8 Å². The minimum absolute atomic E-state index is 0.0511. The van der Waals surface area contributed by atoms with Gasteiger partial charge in [0.25, 0.3) is 0 Å². The molecular weight excluding hydrogens is 460 g/mol. The fraction of sp³-hybridized carbons (Fsp3) is 0.480. The van der Waals surface area contributed by atoms with Gasteiger partial charge in [0.05, 0.1) is 17.5 Å². The summed E-state index contributed by atoms with van der Waals surface area (Å²) in [6.45, 7) is 3.20. The van der Waals surface area contributed by atoms with Crippen molar-refractivity contribution in [1.29, 1.82) is 0 Å². The van der Waals surface area contributed by atoms with Gasteiger partial charge < -0.3 is 24.6 Å². The molecule has 0 spiro atoms. The van der Waals surface area contributed by atoms with Gasteiger partial charge in [0, 0.05) is 31.9 Å². The first kappa shape index (κ1) is 23.3. The van der Waals surface area contributed by atoms with Crippen LogP contribution in [0.15, 0.2) is 29.2 Å². The number of nitrogens with zero attached hydrogens (tertiary/aromatic N) is 2. The second-order valence-corrected chi connectivity index (χ2v) is 9.49. The number of hydrogen-bond donors (Lipinski definition) is 2. The maximum absolute atomic E-state index is 16.0. The highest BCUT2D eigenvalue weighted by Crippen LogP contribution is 2.43. The van der Waals surface area contributed by atoms with E-state index in [1.165, 1.54) is 10.8 Å². The molecule has 1 aromatic heterocycles. The number of hydrogen-bond acceptors (Lipinski definition) is 5. The number of rotatable bonds is 6. The van der Waals surface area contributed by atoms with Gasteiger partial charge in [0.2, 0.25) is 5.43 Å². The van der Waals surface area contributed by atoms with Crippen molar-refractivity contribution in [3.8, 4) is 0 Å². The molecule has 2 N–H and O–H groups in total. The molecule has 0 radical (unpaired) electrons. The molecule has 186 valence electrons. The summed E-state index contributed by atoms with van der Waals surface area (Å²) in [5.74, 6) is -2.92. The molecule has 2 unspecified atom stereocenters. The highest BCUT2D eigenvalue weighted by Gasteiger charge is 2.40. The van der Waals surface area contributed by atoms with Crippen LogP contribution in [0.4, 0.5) is 19.3 Å². The molecule has 2 heterocycles. The number of aromatic nitrogens is 1. The summed E-state index contributed by atoms with van der Waals surface area (Å²) < 4.78 is 37.7. The average molecular weight is 488 g/mol. The van der Waals surface area contributed by atoms with Crippen molar-refractivity contribution in [2.75, 3.05) is 31.1 Å². The average Bonchev–Trinajstić information content (AvgIpc) is 3.57. The molecule has 10 heteroatoms. The predicted octanol–water partition coefficient (Wildman–Crippen LogP) is 3.69. The maximum atomic E-state index is 16.0. The van der Waals surface area contributed by atoms with E-state index in [0.717, 1.165) is 25.3 Å². The Balaban J connectivity index is 1.50. The minimum atomic E-state index is -1.42. The van der Waals surface area contributed by atoms with Gasteiger partial charge in [-0.15, -0.1) is 0 Å². The van der Waals surface area contributed by atoms with Crippen molar-refractivity contribution >= 4 is 28.7 Å². The molecule has 3 aliphatic rings. The van der Waals surface area contributed by atoms with E-state index < -0.39 is 34.7 Å². The molecule has 3 atom stereocenters. The van der Waals surface area contributed by atoms with E-state index in [0.29, 0.717) is 19.6 Å². The van der Waals surface area contributed by atoms with E-state index in [-0.39, 0.29) is 47.0 Å². The number of amides is 1. The second kappa shape index (κ2) is 8.98. The third-order valence-electron chi connectivity index (χ3n) is 7.29. The second-order valence-electron chi connectivity index (χ2n) is 9.49. The van der Waals surface area contributed by atoms with Gasteiger partial charge in [-0.2, -0.15) is 0 Å². The smallest absolute Gasteiger partial charge is 0.407 e. The Morgan fingerprint density at radius 1 is 1.26 bits per heavy atom. The third-order valence-corrected chi connectivity index (χ3v) is 7.29. The van der Waals surface area contributed by atoms with Crippen molar-refractivity contribution in [2.24, 2.45) is 17.8 Å². The molecule has 35 heavy (non-hydrogen) atoms. The Bertz CT molecular complexity index is 1290. The lowest BCUT2D eigenvalue weighted by Gasteiger charge is -2.29. The van der Waals surface area contributed by atoms with Crippen LogP contribution in [0.5, 0.6) is 0 Å². The van der Waals surface area contributed by atoms with E-state index in [1.807, 2.05) is 6.08 Å². The molecule has 5 rings (SSSR count). The van der Waals surface area contributed by atoms with Crippen LogP contribution < -0.4 is 15.6 Å². The Labute approximate surface area is 200 Å². The standard InChI is InChI=1S/C25H27F2N3O5/c1-2-35-25(34)28-9-13-4-3-5-14-10-29(11-17(13)14)22-19(26)8-16-21(20(22)27)30(15-6-7-15)12-18(23(16)31)24(32)33/h3,5,8,12-15,17H,2,4,6-7,9-11H2,1H3,(H,28,34)(H,32,33)/t13-,14?,17?/m1/s1. The number of ether oxygens (including phenoxy) is 1. The van der Waals surface area contributed by atoms with Crippen molar-refractivity contribution in [2.45, 2.75) is 32.2 Å². The van der Waals surface area contributed by atoms with Crippen LogP contribution in [0.25, 0.3) is 10.9 Å². The molecule has 0 bridgehead atoms. The zero-order valence-electron chi connectivity index (χ0n) is 19.3. The summed E-state index contributed by atoms with van der Waals surface area (Å²) in [5, 5.41) is 11.9. The van der Waals surface area contributed by atoms with Gasteiger partial charge in [0.15, 0.2) is 5.82 Å². The lowest BCUT2D eigenvalue weighted by Crippen LogP contribution is -2.36. The van der Waals surface area contributed by atoms with Gasteiger partial charge in [0.1, 0.15) is 17.1 Å². The Morgan fingerprint density at radius 3 is 2.71 bits per heavy atom. The molecule has 1 saturated carbocycles. The zero-order chi connectivity index (χ0) is 24.9. The predicted molar refractivity (Wildman–Crippen MR) is 125 cm³/mol.